The van der Waals surface area contributed by atoms with E-state index in [2.05, 4.69) is 0 Å². The predicted octanol–water partition coefficient (Wildman–Crippen LogP) is 3.20. The van der Waals surface area contributed by atoms with E-state index < -0.39 is 20.9 Å². The lowest BCUT2D eigenvalue weighted by atomic mass is 10.0. The zero-order valence-electron chi connectivity index (χ0n) is 15.3. The maximum atomic E-state index is 13.7. The smallest absolute Gasteiger partial charge is 0.261 e. The molecule has 0 aromatic heterocycles. The van der Waals surface area contributed by atoms with E-state index in [-0.39, 0.29) is 30.3 Å². The number of carbonyl (C=O) groups excluding carboxylic acids is 1. The number of amides is 1. The molecule has 1 amide bonds. The van der Waals surface area contributed by atoms with Crippen molar-refractivity contribution in [2.45, 2.75) is 47.9 Å². The van der Waals surface area contributed by atoms with Crippen LogP contribution in [0.25, 0.3) is 0 Å². The van der Waals surface area contributed by atoms with Gasteiger partial charge < -0.3 is 9.64 Å². The minimum Gasteiger partial charge on any atom is -0.481 e. The molecule has 2 bridgehead atoms. The van der Waals surface area contributed by atoms with Crippen LogP contribution < -0.4 is 4.74 Å². The number of fused-ring (bicyclic) bond motifs is 2. The van der Waals surface area contributed by atoms with Crippen molar-refractivity contribution >= 4 is 15.7 Å². The van der Waals surface area contributed by atoms with Gasteiger partial charge in [-0.3, -0.25) is 4.79 Å². The van der Waals surface area contributed by atoms with E-state index >= 15 is 0 Å². The van der Waals surface area contributed by atoms with Gasteiger partial charge in [0.1, 0.15) is 0 Å². The zero-order valence-corrected chi connectivity index (χ0v) is 16.1. The van der Waals surface area contributed by atoms with Crippen LogP contribution in [0.2, 0.25) is 0 Å². The Hall–Kier alpha value is -2.41. The van der Waals surface area contributed by atoms with Gasteiger partial charge >= 0.3 is 0 Å². The summed E-state index contributed by atoms with van der Waals surface area (Å²) in [5.41, 5.74) is 0. The van der Waals surface area contributed by atoms with Crippen LogP contribution in [0, 0.1) is 5.82 Å². The minimum absolute atomic E-state index is 0.0461. The van der Waals surface area contributed by atoms with Crippen LogP contribution in [0.1, 0.15) is 25.7 Å². The number of benzene rings is 2. The molecule has 7 heteroatoms. The number of halogens is 1. The van der Waals surface area contributed by atoms with E-state index in [0.29, 0.717) is 17.7 Å². The highest BCUT2D eigenvalue weighted by Gasteiger charge is 2.47. The van der Waals surface area contributed by atoms with E-state index in [1.54, 1.807) is 47.4 Å². The highest BCUT2D eigenvalue weighted by atomic mass is 32.2. The van der Waals surface area contributed by atoms with Crippen molar-refractivity contribution in [3.8, 4) is 5.75 Å². The predicted molar refractivity (Wildman–Crippen MR) is 102 cm³/mol. The average Bonchev–Trinajstić information content (AvgIpc) is 2.97. The third-order valence-corrected chi connectivity index (χ3v) is 7.87. The number of ether oxygens (including phenoxy) is 1. The zero-order chi connectivity index (χ0) is 19.7. The summed E-state index contributed by atoms with van der Waals surface area (Å²) in [7, 11) is -3.42. The molecule has 28 heavy (non-hydrogen) atoms. The third-order valence-electron chi connectivity index (χ3n) is 5.68. The van der Waals surface area contributed by atoms with Crippen LogP contribution in [0.4, 0.5) is 4.39 Å². The van der Waals surface area contributed by atoms with Gasteiger partial charge in [-0.2, -0.15) is 0 Å². The number of nitrogens with zero attached hydrogens (tertiary/aromatic N) is 1. The van der Waals surface area contributed by atoms with Gasteiger partial charge in [0.15, 0.2) is 28.0 Å². The summed E-state index contributed by atoms with van der Waals surface area (Å²) in [4.78, 5) is 14.8. The fourth-order valence-corrected chi connectivity index (χ4v) is 6.24. The van der Waals surface area contributed by atoms with Gasteiger partial charge in [0.25, 0.3) is 5.91 Å². The summed E-state index contributed by atoms with van der Waals surface area (Å²) in [6.45, 7) is -0.246. The van der Waals surface area contributed by atoms with Gasteiger partial charge in [-0.15, -0.1) is 0 Å². The normalized spacial score (nSPS) is 24.2. The molecule has 2 fully saturated rings. The van der Waals surface area contributed by atoms with Crippen LogP contribution in [-0.4, -0.2) is 43.2 Å². The number of hydrogen-bond donors (Lipinski definition) is 0. The summed E-state index contributed by atoms with van der Waals surface area (Å²) < 4.78 is 45.0. The second-order valence-corrected chi connectivity index (χ2v) is 9.58. The van der Waals surface area contributed by atoms with E-state index in [1.807, 2.05) is 0 Å². The Bertz CT molecular complexity index is 949. The molecule has 2 aromatic carbocycles. The Morgan fingerprint density at radius 1 is 1.00 bits per heavy atom. The summed E-state index contributed by atoms with van der Waals surface area (Å²) >= 11 is 0. The van der Waals surface area contributed by atoms with Crippen molar-refractivity contribution in [2.75, 3.05) is 6.61 Å². The standard InChI is InChI=1S/C21H22FNO4S/c22-19-8-4-5-9-20(19)27-14-21(24)23-15-10-11-16(23)13-18(12-15)28(25,26)17-6-2-1-3-7-17/h1-9,15-16,18H,10-14H2. The summed E-state index contributed by atoms with van der Waals surface area (Å²) in [6.07, 6.45) is 2.44. The maximum Gasteiger partial charge on any atom is 0.261 e. The molecule has 2 aromatic rings. The monoisotopic (exact) mass is 403 g/mol. The first-order chi connectivity index (χ1) is 13.5. The first-order valence-corrected chi connectivity index (χ1v) is 11.0. The van der Waals surface area contributed by atoms with E-state index in [9.17, 15) is 17.6 Å². The Morgan fingerprint density at radius 3 is 2.25 bits per heavy atom. The van der Waals surface area contributed by atoms with Gasteiger partial charge in [-0.1, -0.05) is 30.3 Å². The number of para-hydroxylation sites is 1. The van der Waals surface area contributed by atoms with Crippen LogP contribution >= 0.6 is 0 Å². The number of hydrogen-bond acceptors (Lipinski definition) is 4. The molecular weight excluding hydrogens is 381 g/mol. The van der Waals surface area contributed by atoms with Gasteiger partial charge in [-0.05, 0) is 49.9 Å². The molecule has 2 aliphatic heterocycles. The fraction of sp³-hybridized carbons (Fsp3) is 0.381. The van der Waals surface area contributed by atoms with Crippen molar-refractivity contribution in [1.29, 1.82) is 0 Å². The molecule has 2 saturated heterocycles. The molecular formula is C21H22FNO4S. The lowest BCUT2D eigenvalue weighted by Crippen LogP contribution is -2.51. The van der Waals surface area contributed by atoms with Crippen LogP contribution in [0.15, 0.2) is 59.5 Å². The SMILES string of the molecule is O=C(COc1ccccc1F)N1C2CCC1CC(S(=O)(=O)c1ccccc1)C2. The van der Waals surface area contributed by atoms with E-state index in [4.69, 9.17) is 4.74 Å². The van der Waals surface area contributed by atoms with Crippen molar-refractivity contribution in [1.82, 2.24) is 4.90 Å². The molecule has 5 nitrogen and oxygen atoms in total. The quantitative estimate of drug-likeness (QED) is 0.769. The van der Waals surface area contributed by atoms with Crippen molar-refractivity contribution < 1.29 is 22.3 Å². The van der Waals surface area contributed by atoms with Gasteiger partial charge in [-0.25, -0.2) is 12.8 Å². The number of sulfone groups is 1. The molecule has 0 N–H and O–H groups in total. The third kappa shape index (κ3) is 3.51. The van der Waals surface area contributed by atoms with Crippen molar-refractivity contribution in [3.63, 3.8) is 0 Å². The van der Waals surface area contributed by atoms with E-state index in [1.165, 1.54) is 12.1 Å². The number of piperidine rings is 1. The number of carbonyl (C=O) groups is 1. The first-order valence-electron chi connectivity index (χ1n) is 9.44. The van der Waals surface area contributed by atoms with Gasteiger partial charge in [0, 0.05) is 12.1 Å². The molecule has 4 rings (SSSR count). The Labute approximate surface area is 164 Å². The van der Waals surface area contributed by atoms with Crippen LogP contribution in [-0.2, 0) is 14.6 Å². The average molecular weight is 403 g/mol. The molecule has 0 radical (unpaired) electrons. The Kier molecular flexibility index (Phi) is 5.10. The molecule has 2 aliphatic rings. The molecule has 0 spiro atoms. The lowest BCUT2D eigenvalue weighted by molar-refractivity contribution is -0.137. The lowest BCUT2D eigenvalue weighted by Gasteiger charge is -2.38. The largest absolute Gasteiger partial charge is 0.481 e. The van der Waals surface area contributed by atoms with Crippen LogP contribution in [0.3, 0.4) is 0 Å². The highest BCUT2D eigenvalue weighted by molar-refractivity contribution is 7.92. The van der Waals surface area contributed by atoms with Crippen molar-refractivity contribution in [2.24, 2.45) is 0 Å². The molecule has 2 unspecified atom stereocenters. The molecule has 2 atom stereocenters. The molecule has 0 aliphatic carbocycles. The second-order valence-electron chi connectivity index (χ2n) is 7.36. The van der Waals surface area contributed by atoms with Gasteiger partial charge in [0.2, 0.25) is 0 Å². The van der Waals surface area contributed by atoms with Gasteiger partial charge in [0.05, 0.1) is 10.1 Å². The van der Waals surface area contributed by atoms with E-state index in [0.717, 1.165) is 12.8 Å². The topological polar surface area (TPSA) is 63.7 Å². The first kappa shape index (κ1) is 18.9. The molecule has 148 valence electrons. The molecule has 2 heterocycles. The number of rotatable bonds is 5. The van der Waals surface area contributed by atoms with Crippen LogP contribution in [0.5, 0.6) is 5.75 Å². The Balaban J connectivity index is 1.44. The molecule has 0 saturated carbocycles. The Morgan fingerprint density at radius 2 is 1.61 bits per heavy atom. The summed E-state index contributed by atoms with van der Waals surface area (Å²) in [5, 5.41) is -0.482. The summed E-state index contributed by atoms with van der Waals surface area (Å²) in [6, 6.07) is 14.2. The highest BCUT2D eigenvalue weighted by Crippen LogP contribution is 2.39. The fourth-order valence-electron chi connectivity index (χ4n) is 4.37. The second kappa shape index (κ2) is 7.54. The summed E-state index contributed by atoms with van der Waals surface area (Å²) in [5.74, 6) is -0.679. The minimum atomic E-state index is -3.42. The maximum absolute atomic E-state index is 13.7. The van der Waals surface area contributed by atoms with Crippen molar-refractivity contribution in [3.05, 3.63) is 60.4 Å².